The van der Waals surface area contributed by atoms with Gasteiger partial charge >= 0.3 is 0 Å². The summed E-state index contributed by atoms with van der Waals surface area (Å²) < 4.78 is 0. The third-order valence-electron chi connectivity index (χ3n) is 4.65. The molecule has 1 aliphatic heterocycles. The van der Waals surface area contributed by atoms with Crippen molar-refractivity contribution in [1.29, 1.82) is 0 Å². The fraction of sp³-hybridized carbons (Fsp3) is 0.350. The Hall–Kier alpha value is -2.24. The second-order valence-corrected chi connectivity index (χ2v) is 7.13. The van der Waals surface area contributed by atoms with Gasteiger partial charge in [-0.25, -0.2) is 0 Å². The van der Waals surface area contributed by atoms with Crippen LogP contribution in [0.15, 0.2) is 42.5 Å². The molecule has 0 bridgehead atoms. The van der Waals surface area contributed by atoms with Gasteiger partial charge in [-0.1, -0.05) is 11.6 Å². The predicted octanol–water partition coefficient (Wildman–Crippen LogP) is 3.45. The number of anilines is 3. The number of aryl methyl sites for hydroxylation is 1. The predicted molar refractivity (Wildman–Crippen MR) is 109 cm³/mol. The van der Waals surface area contributed by atoms with E-state index < -0.39 is 0 Å². The van der Waals surface area contributed by atoms with E-state index in [4.69, 9.17) is 11.6 Å². The van der Waals surface area contributed by atoms with Gasteiger partial charge in [0, 0.05) is 48.3 Å². The Morgan fingerprint density at radius 1 is 1.08 bits per heavy atom. The quantitative estimate of drug-likeness (QED) is 0.844. The number of hydrogen-bond donors (Lipinski definition) is 2. The molecule has 2 aromatic rings. The number of rotatable bonds is 5. The fourth-order valence-electron chi connectivity index (χ4n) is 3.03. The second-order valence-electron chi connectivity index (χ2n) is 6.70. The summed E-state index contributed by atoms with van der Waals surface area (Å²) in [7, 11) is 2.15. The van der Waals surface area contributed by atoms with Gasteiger partial charge in [-0.15, -0.1) is 0 Å². The number of piperazine rings is 1. The molecule has 0 aliphatic carbocycles. The Morgan fingerprint density at radius 2 is 1.77 bits per heavy atom. The van der Waals surface area contributed by atoms with Crippen molar-refractivity contribution in [2.45, 2.75) is 6.92 Å². The third-order valence-corrected chi connectivity index (χ3v) is 4.88. The first-order chi connectivity index (χ1) is 12.5. The number of halogens is 1. The largest absolute Gasteiger partial charge is 0.376 e. The molecule has 0 unspecified atom stereocenters. The van der Waals surface area contributed by atoms with Crippen molar-refractivity contribution in [2.75, 3.05) is 55.3 Å². The van der Waals surface area contributed by atoms with E-state index in [0.29, 0.717) is 5.02 Å². The maximum atomic E-state index is 12.2. The average Bonchev–Trinajstić information content (AvgIpc) is 2.62. The topological polar surface area (TPSA) is 47.6 Å². The summed E-state index contributed by atoms with van der Waals surface area (Å²) in [6.45, 7) is 6.40. The summed E-state index contributed by atoms with van der Waals surface area (Å²) in [5, 5.41) is 6.76. The summed E-state index contributed by atoms with van der Waals surface area (Å²) in [6, 6.07) is 13.6. The SMILES string of the molecule is Cc1cc(Cl)ccc1NCC(=O)Nc1ccc(N2CCN(C)CC2)cc1. The Morgan fingerprint density at radius 3 is 2.42 bits per heavy atom. The molecule has 0 radical (unpaired) electrons. The summed E-state index contributed by atoms with van der Waals surface area (Å²) in [5.41, 5.74) is 3.94. The minimum absolute atomic E-state index is 0.0771. The van der Waals surface area contributed by atoms with Gasteiger partial charge in [0.1, 0.15) is 0 Å². The normalized spacial score (nSPS) is 15.0. The zero-order chi connectivity index (χ0) is 18.5. The van der Waals surface area contributed by atoms with Gasteiger partial charge in [-0.2, -0.15) is 0 Å². The van der Waals surface area contributed by atoms with Crippen LogP contribution in [0.5, 0.6) is 0 Å². The van der Waals surface area contributed by atoms with E-state index in [1.165, 1.54) is 5.69 Å². The molecule has 138 valence electrons. The number of amides is 1. The number of hydrogen-bond acceptors (Lipinski definition) is 4. The number of likely N-dealkylation sites (N-methyl/N-ethyl adjacent to an activating group) is 1. The van der Waals surface area contributed by atoms with Crippen LogP contribution in [0.3, 0.4) is 0 Å². The van der Waals surface area contributed by atoms with Crippen molar-refractivity contribution in [3.05, 3.63) is 53.1 Å². The maximum absolute atomic E-state index is 12.2. The minimum atomic E-state index is -0.0771. The molecule has 1 heterocycles. The first-order valence-electron chi connectivity index (χ1n) is 8.85. The highest BCUT2D eigenvalue weighted by molar-refractivity contribution is 6.30. The first-order valence-corrected chi connectivity index (χ1v) is 9.22. The molecular weight excluding hydrogens is 348 g/mol. The van der Waals surface area contributed by atoms with Crippen molar-refractivity contribution >= 4 is 34.6 Å². The molecule has 2 N–H and O–H groups in total. The first kappa shape index (κ1) is 18.5. The smallest absolute Gasteiger partial charge is 0.243 e. The molecule has 0 spiro atoms. The molecule has 26 heavy (non-hydrogen) atoms. The van der Waals surface area contributed by atoms with E-state index in [1.54, 1.807) is 0 Å². The van der Waals surface area contributed by atoms with E-state index in [1.807, 2.05) is 37.3 Å². The monoisotopic (exact) mass is 372 g/mol. The van der Waals surface area contributed by atoms with Gasteiger partial charge in [0.15, 0.2) is 0 Å². The summed E-state index contributed by atoms with van der Waals surface area (Å²) >= 11 is 5.95. The molecule has 1 aliphatic rings. The zero-order valence-electron chi connectivity index (χ0n) is 15.3. The maximum Gasteiger partial charge on any atom is 0.243 e. The Bertz CT molecular complexity index is 755. The standard InChI is InChI=1S/C20H25ClN4O/c1-15-13-16(21)3-8-19(15)22-14-20(26)23-17-4-6-18(7-5-17)25-11-9-24(2)10-12-25/h3-8,13,22H,9-12,14H2,1-2H3,(H,23,26). The molecule has 0 saturated carbocycles. The summed E-state index contributed by atoms with van der Waals surface area (Å²) in [4.78, 5) is 16.9. The molecule has 3 rings (SSSR count). The molecule has 6 heteroatoms. The van der Waals surface area contributed by atoms with Crippen molar-refractivity contribution in [3.8, 4) is 0 Å². The van der Waals surface area contributed by atoms with Gasteiger partial charge in [-0.05, 0) is 62.0 Å². The van der Waals surface area contributed by atoms with E-state index in [9.17, 15) is 4.79 Å². The molecule has 5 nitrogen and oxygen atoms in total. The van der Waals surface area contributed by atoms with Crippen LogP contribution < -0.4 is 15.5 Å². The van der Waals surface area contributed by atoms with E-state index in [0.717, 1.165) is 43.1 Å². The molecule has 1 amide bonds. The number of benzene rings is 2. The van der Waals surface area contributed by atoms with Crippen LogP contribution in [-0.4, -0.2) is 50.6 Å². The highest BCUT2D eigenvalue weighted by Crippen LogP contribution is 2.20. The van der Waals surface area contributed by atoms with Gasteiger partial charge in [0.2, 0.25) is 5.91 Å². The van der Waals surface area contributed by atoms with Crippen molar-refractivity contribution in [3.63, 3.8) is 0 Å². The van der Waals surface area contributed by atoms with E-state index in [2.05, 4.69) is 39.6 Å². The van der Waals surface area contributed by atoms with Gasteiger partial charge in [0.05, 0.1) is 6.54 Å². The van der Waals surface area contributed by atoms with E-state index >= 15 is 0 Å². The highest BCUT2D eigenvalue weighted by atomic mass is 35.5. The molecule has 1 saturated heterocycles. The lowest BCUT2D eigenvalue weighted by molar-refractivity contribution is -0.114. The Kier molecular flexibility index (Phi) is 6.01. The van der Waals surface area contributed by atoms with Gasteiger partial charge < -0.3 is 20.4 Å². The highest BCUT2D eigenvalue weighted by Gasteiger charge is 2.14. The van der Waals surface area contributed by atoms with Crippen LogP contribution >= 0.6 is 11.6 Å². The van der Waals surface area contributed by atoms with Crippen molar-refractivity contribution < 1.29 is 4.79 Å². The second kappa shape index (κ2) is 8.43. The lowest BCUT2D eigenvalue weighted by Crippen LogP contribution is -2.44. The van der Waals surface area contributed by atoms with E-state index in [-0.39, 0.29) is 12.5 Å². The molecule has 0 atom stereocenters. The minimum Gasteiger partial charge on any atom is -0.376 e. The fourth-order valence-corrected chi connectivity index (χ4v) is 3.25. The van der Waals surface area contributed by atoms with Gasteiger partial charge in [0.25, 0.3) is 0 Å². The number of carbonyl (C=O) groups is 1. The number of nitrogens with one attached hydrogen (secondary N) is 2. The third kappa shape index (κ3) is 4.90. The number of carbonyl (C=O) groups excluding carboxylic acids is 1. The lowest BCUT2D eigenvalue weighted by atomic mass is 10.2. The molecule has 0 aromatic heterocycles. The Balaban J connectivity index is 1.51. The van der Waals surface area contributed by atoms with Crippen LogP contribution in [0.2, 0.25) is 5.02 Å². The van der Waals surface area contributed by atoms with Crippen molar-refractivity contribution in [1.82, 2.24) is 4.90 Å². The lowest BCUT2D eigenvalue weighted by Gasteiger charge is -2.34. The number of nitrogens with zero attached hydrogens (tertiary/aromatic N) is 2. The molecular formula is C20H25ClN4O. The average molecular weight is 373 g/mol. The van der Waals surface area contributed by atoms with Crippen LogP contribution in [0.1, 0.15) is 5.56 Å². The zero-order valence-corrected chi connectivity index (χ0v) is 16.0. The van der Waals surface area contributed by atoms with Crippen molar-refractivity contribution in [2.24, 2.45) is 0 Å². The van der Waals surface area contributed by atoms with Crippen LogP contribution in [0, 0.1) is 6.92 Å². The summed E-state index contributed by atoms with van der Waals surface area (Å²) in [5.74, 6) is -0.0771. The van der Waals surface area contributed by atoms with Gasteiger partial charge in [-0.3, -0.25) is 4.79 Å². The van der Waals surface area contributed by atoms with Crippen LogP contribution in [0.4, 0.5) is 17.1 Å². The Labute approximate surface area is 159 Å². The van der Waals surface area contributed by atoms with Crippen LogP contribution in [0.25, 0.3) is 0 Å². The summed E-state index contributed by atoms with van der Waals surface area (Å²) in [6.07, 6.45) is 0. The molecule has 2 aromatic carbocycles. The molecule has 1 fully saturated rings. The van der Waals surface area contributed by atoms with Crippen LogP contribution in [-0.2, 0) is 4.79 Å².